The van der Waals surface area contributed by atoms with Gasteiger partial charge in [-0.15, -0.1) is 0 Å². The lowest BCUT2D eigenvalue weighted by Crippen LogP contribution is -2.54. The van der Waals surface area contributed by atoms with Gasteiger partial charge in [-0.3, -0.25) is 14.9 Å². The third-order valence-electron chi connectivity index (χ3n) is 5.61. The number of carbonyl (C=O) groups is 2. The van der Waals surface area contributed by atoms with Gasteiger partial charge < -0.3 is 4.57 Å². The summed E-state index contributed by atoms with van der Waals surface area (Å²) >= 11 is 11.5. The van der Waals surface area contributed by atoms with Crippen molar-refractivity contribution in [3.63, 3.8) is 0 Å². The fourth-order valence-electron chi connectivity index (χ4n) is 4.00. The number of rotatable bonds is 4. The molecule has 5 rings (SSSR count). The number of aromatic nitrogens is 1. The highest BCUT2D eigenvalue weighted by Gasteiger charge is 2.35. The van der Waals surface area contributed by atoms with E-state index in [-0.39, 0.29) is 16.4 Å². The first-order chi connectivity index (χ1) is 16.4. The Bertz CT molecular complexity index is 1510. The standard InChI is InChI=1S/C26H17ClFN3O2S/c27-20-9-3-1-7-16(20)14-30-15-17(18-8-2-5-11-22(18)30)13-19-24(32)29-26(34)31(25(19)33)23-12-6-4-10-21(23)28/h1-13,15H,14H2,(H,29,32,34). The molecule has 1 fully saturated rings. The number of hydrogen-bond donors (Lipinski definition) is 1. The first kappa shape index (κ1) is 22.0. The molecule has 0 atom stereocenters. The highest BCUT2D eigenvalue weighted by Crippen LogP contribution is 2.29. The number of anilines is 1. The first-order valence-corrected chi connectivity index (χ1v) is 11.2. The van der Waals surface area contributed by atoms with E-state index in [1.54, 1.807) is 6.07 Å². The van der Waals surface area contributed by atoms with Gasteiger partial charge in [0.2, 0.25) is 0 Å². The molecule has 2 heterocycles. The van der Waals surface area contributed by atoms with Crippen molar-refractivity contribution in [1.82, 2.24) is 9.88 Å². The molecule has 34 heavy (non-hydrogen) atoms. The van der Waals surface area contributed by atoms with Crippen LogP contribution < -0.4 is 10.2 Å². The monoisotopic (exact) mass is 489 g/mol. The Morgan fingerprint density at radius 3 is 2.47 bits per heavy atom. The Balaban J connectivity index is 1.59. The number of nitrogens with zero attached hydrogens (tertiary/aromatic N) is 2. The van der Waals surface area contributed by atoms with Crippen LogP contribution in [-0.4, -0.2) is 21.5 Å². The second-order valence-corrected chi connectivity index (χ2v) is 8.52. The summed E-state index contributed by atoms with van der Waals surface area (Å²) in [5.74, 6) is -1.95. The highest BCUT2D eigenvalue weighted by atomic mass is 35.5. The maximum absolute atomic E-state index is 14.4. The second kappa shape index (κ2) is 8.85. The average Bonchev–Trinajstić information content (AvgIpc) is 3.16. The molecule has 0 spiro atoms. The molecular formula is C26H17ClFN3O2S. The van der Waals surface area contributed by atoms with Gasteiger partial charge >= 0.3 is 0 Å². The first-order valence-electron chi connectivity index (χ1n) is 10.4. The van der Waals surface area contributed by atoms with Crippen LogP contribution in [0.3, 0.4) is 0 Å². The van der Waals surface area contributed by atoms with E-state index in [2.05, 4.69) is 5.32 Å². The summed E-state index contributed by atoms with van der Waals surface area (Å²) in [6.45, 7) is 0.509. The van der Waals surface area contributed by atoms with Gasteiger partial charge in [0.25, 0.3) is 11.8 Å². The zero-order chi connectivity index (χ0) is 23.8. The van der Waals surface area contributed by atoms with Crippen molar-refractivity contribution in [1.29, 1.82) is 0 Å². The molecule has 0 aliphatic carbocycles. The summed E-state index contributed by atoms with van der Waals surface area (Å²) in [7, 11) is 0. The molecule has 2 amide bonds. The third kappa shape index (κ3) is 3.89. The van der Waals surface area contributed by atoms with E-state index < -0.39 is 17.6 Å². The van der Waals surface area contributed by atoms with E-state index in [4.69, 9.17) is 23.8 Å². The summed E-state index contributed by atoms with van der Waals surface area (Å²) in [5.41, 5.74) is 2.36. The van der Waals surface area contributed by atoms with Gasteiger partial charge in [-0.1, -0.05) is 60.1 Å². The van der Waals surface area contributed by atoms with Crippen molar-refractivity contribution in [2.24, 2.45) is 0 Å². The molecule has 3 aromatic carbocycles. The van der Waals surface area contributed by atoms with Crippen LogP contribution in [0, 0.1) is 5.82 Å². The number of carbonyl (C=O) groups excluding carboxylic acids is 2. The Kier molecular flexibility index (Phi) is 5.73. The van der Waals surface area contributed by atoms with Crippen molar-refractivity contribution in [3.05, 3.63) is 107 Å². The molecule has 0 unspecified atom stereocenters. The number of amides is 2. The zero-order valence-corrected chi connectivity index (χ0v) is 19.2. The van der Waals surface area contributed by atoms with Gasteiger partial charge in [-0.05, 0) is 48.1 Å². The van der Waals surface area contributed by atoms with Crippen LogP contribution >= 0.6 is 23.8 Å². The Labute approximate surface area is 205 Å². The second-order valence-electron chi connectivity index (χ2n) is 7.73. The molecule has 1 N–H and O–H groups in total. The number of halogens is 2. The van der Waals surface area contributed by atoms with Crippen LogP contribution in [0.4, 0.5) is 10.1 Å². The molecule has 4 aromatic rings. The molecule has 0 bridgehead atoms. The van der Waals surface area contributed by atoms with Crippen molar-refractivity contribution in [2.45, 2.75) is 6.54 Å². The van der Waals surface area contributed by atoms with E-state index in [0.29, 0.717) is 17.1 Å². The molecule has 168 valence electrons. The summed E-state index contributed by atoms with van der Waals surface area (Å²) in [5, 5.41) is 3.83. The van der Waals surface area contributed by atoms with Gasteiger partial charge in [0.05, 0.1) is 5.69 Å². The molecular weight excluding hydrogens is 473 g/mol. The maximum atomic E-state index is 14.4. The molecule has 5 nitrogen and oxygen atoms in total. The van der Waals surface area contributed by atoms with Crippen LogP contribution in [0.1, 0.15) is 11.1 Å². The minimum Gasteiger partial charge on any atom is -0.342 e. The third-order valence-corrected chi connectivity index (χ3v) is 6.27. The molecule has 0 saturated carbocycles. The zero-order valence-electron chi connectivity index (χ0n) is 17.7. The van der Waals surface area contributed by atoms with Crippen molar-refractivity contribution < 1.29 is 14.0 Å². The maximum Gasteiger partial charge on any atom is 0.270 e. The van der Waals surface area contributed by atoms with Crippen LogP contribution in [0.15, 0.2) is 84.6 Å². The number of fused-ring (bicyclic) bond motifs is 1. The normalized spacial score (nSPS) is 15.3. The average molecular weight is 490 g/mol. The summed E-state index contributed by atoms with van der Waals surface area (Å²) in [4.78, 5) is 27.0. The van der Waals surface area contributed by atoms with Crippen LogP contribution in [0.2, 0.25) is 5.02 Å². The minimum atomic E-state index is -0.693. The van der Waals surface area contributed by atoms with Crippen LogP contribution in [0.5, 0.6) is 0 Å². The topological polar surface area (TPSA) is 54.3 Å². The Morgan fingerprint density at radius 1 is 0.971 bits per heavy atom. The number of nitrogens with one attached hydrogen (secondary N) is 1. The van der Waals surface area contributed by atoms with E-state index in [1.165, 1.54) is 24.3 Å². The molecule has 1 aliphatic rings. The Hall–Kier alpha value is -3.81. The lowest BCUT2D eigenvalue weighted by molar-refractivity contribution is -0.122. The van der Waals surface area contributed by atoms with E-state index in [9.17, 15) is 14.0 Å². The minimum absolute atomic E-state index is 0.0236. The predicted octanol–water partition coefficient (Wildman–Crippen LogP) is 5.31. The number of benzene rings is 3. The quantitative estimate of drug-likeness (QED) is 0.240. The molecule has 1 saturated heterocycles. The van der Waals surface area contributed by atoms with Gasteiger partial charge in [-0.2, -0.15) is 0 Å². The largest absolute Gasteiger partial charge is 0.342 e. The molecule has 0 radical (unpaired) electrons. The van der Waals surface area contributed by atoms with Crippen LogP contribution in [-0.2, 0) is 16.1 Å². The summed E-state index contributed by atoms with van der Waals surface area (Å²) in [6.07, 6.45) is 3.38. The van der Waals surface area contributed by atoms with Gasteiger partial charge in [0, 0.05) is 34.2 Å². The summed E-state index contributed by atoms with van der Waals surface area (Å²) in [6, 6.07) is 21.0. The number of hydrogen-bond acceptors (Lipinski definition) is 3. The number of thiocarbonyl (C=S) groups is 1. The molecule has 8 heteroatoms. The lowest BCUT2D eigenvalue weighted by Gasteiger charge is -2.29. The number of para-hydroxylation sites is 2. The summed E-state index contributed by atoms with van der Waals surface area (Å²) < 4.78 is 16.4. The molecule has 1 aromatic heterocycles. The van der Waals surface area contributed by atoms with Crippen molar-refractivity contribution in [2.75, 3.05) is 4.90 Å². The molecule has 1 aliphatic heterocycles. The van der Waals surface area contributed by atoms with E-state index in [1.807, 2.05) is 59.3 Å². The van der Waals surface area contributed by atoms with Gasteiger partial charge in [0.15, 0.2) is 5.11 Å². The van der Waals surface area contributed by atoms with E-state index in [0.717, 1.165) is 21.4 Å². The van der Waals surface area contributed by atoms with E-state index >= 15 is 0 Å². The van der Waals surface area contributed by atoms with Crippen molar-refractivity contribution >= 4 is 63.4 Å². The smallest absolute Gasteiger partial charge is 0.270 e. The fraction of sp³-hybridized carbons (Fsp3) is 0.0385. The lowest BCUT2D eigenvalue weighted by atomic mass is 10.1. The SMILES string of the molecule is O=C1NC(=S)N(c2ccccc2F)C(=O)C1=Cc1cn(Cc2ccccc2Cl)c2ccccc12. The van der Waals surface area contributed by atoms with Crippen molar-refractivity contribution in [3.8, 4) is 0 Å². The Morgan fingerprint density at radius 2 is 1.68 bits per heavy atom. The van der Waals surface area contributed by atoms with Gasteiger partial charge in [0.1, 0.15) is 11.4 Å². The van der Waals surface area contributed by atoms with Gasteiger partial charge in [-0.25, -0.2) is 9.29 Å². The fourth-order valence-corrected chi connectivity index (χ4v) is 4.47. The predicted molar refractivity (Wildman–Crippen MR) is 135 cm³/mol. The highest BCUT2D eigenvalue weighted by molar-refractivity contribution is 7.80. The van der Waals surface area contributed by atoms with Crippen LogP contribution in [0.25, 0.3) is 17.0 Å².